The first-order chi connectivity index (χ1) is 10.1. The van der Waals surface area contributed by atoms with Crippen LogP contribution in [0.5, 0.6) is 11.5 Å². The molecule has 1 unspecified atom stereocenters. The Kier molecular flexibility index (Phi) is 5.23. The summed E-state index contributed by atoms with van der Waals surface area (Å²) >= 11 is 0. The van der Waals surface area contributed by atoms with E-state index in [0.717, 1.165) is 29.0 Å². The van der Waals surface area contributed by atoms with Crippen LogP contribution in [0.3, 0.4) is 0 Å². The highest BCUT2D eigenvalue weighted by atomic mass is 16.5. The summed E-state index contributed by atoms with van der Waals surface area (Å²) in [5.74, 6) is 1.63. The van der Waals surface area contributed by atoms with E-state index in [1.54, 1.807) is 7.11 Å². The maximum Gasteiger partial charge on any atom is 0.126 e. The molecule has 3 nitrogen and oxygen atoms in total. The fraction of sp³-hybridized carbons (Fsp3) is 0.333. The highest BCUT2D eigenvalue weighted by molar-refractivity contribution is 5.41. The van der Waals surface area contributed by atoms with Crippen LogP contribution >= 0.6 is 0 Å². The molecule has 0 amide bonds. The van der Waals surface area contributed by atoms with Crippen LogP contribution in [0.25, 0.3) is 0 Å². The Labute approximate surface area is 126 Å². The normalized spacial score (nSPS) is 12.0. The van der Waals surface area contributed by atoms with Gasteiger partial charge in [-0.1, -0.05) is 35.9 Å². The lowest BCUT2D eigenvalue weighted by Crippen LogP contribution is -2.18. The Balaban J connectivity index is 2.14. The van der Waals surface area contributed by atoms with Crippen LogP contribution in [0.1, 0.15) is 23.6 Å². The Hall–Kier alpha value is -2.00. The average Bonchev–Trinajstić information content (AvgIpc) is 2.47. The summed E-state index contributed by atoms with van der Waals surface area (Å²) in [7, 11) is 1.66. The van der Waals surface area contributed by atoms with Crippen molar-refractivity contribution >= 4 is 0 Å². The molecule has 2 aromatic rings. The molecular formula is C18H23NO2. The molecule has 3 heteroatoms. The lowest BCUT2D eigenvalue weighted by molar-refractivity contribution is 0.300. The summed E-state index contributed by atoms with van der Waals surface area (Å²) in [5, 5.41) is 0. The van der Waals surface area contributed by atoms with Gasteiger partial charge in [0.2, 0.25) is 0 Å². The van der Waals surface area contributed by atoms with Crippen LogP contribution in [-0.4, -0.2) is 13.2 Å². The Bertz CT molecular complexity index is 576. The summed E-state index contributed by atoms with van der Waals surface area (Å²) in [6.45, 7) is 4.61. The number of nitrogens with two attached hydrogens (primary N) is 1. The van der Waals surface area contributed by atoms with E-state index in [2.05, 4.69) is 31.2 Å². The second-order valence-corrected chi connectivity index (χ2v) is 5.43. The van der Waals surface area contributed by atoms with E-state index >= 15 is 0 Å². The fourth-order valence-corrected chi connectivity index (χ4v) is 2.16. The second-order valence-electron chi connectivity index (χ2n) is 5.43. The Morgan fingerprint density at radius 1 is 1.10 bits per heavy atom. The van der Waals surface area contributed by atoms with E-state index in [1.165, 1.54) is 5.56 Å². The van der Waals surface area contributed by atoms with Gasteiger partial charge in [0.1, 0.15) is 18.1 Å². The molecule has 112 valence electrons. The van der Waals surface area contributed by atoms with Crippen molar-refractivity contribution in [1.82, 2.24) is 0 Å². The standard InChI is InChI=1S/C18H23NO2/c1-13-4-6-15(7-5-13)12-21-18-11-17(20-3)9-8-16(18)10-14(2)19/h4-9,11,14H,10,12,19H2,1-3H3. The maximum atomic E-state index is 5.97. The van der Waals surface area contributed by atoms with Crippen molar-refractivity contribution in [1.29, 1.82) is 0 Å². The molecule has 0 saturated heterocycles. The minimum Gasteiger partial charge on any atom is -0.497 e. The lowest BCUT2D eigenvalue weighted by Gasteiger charge is -2.14. The van der Waals surface area contributed by atoms with E-state index in [1.807, 2.05) is 25.1 Å². The first kappa shape index (κ1) is 15.4. The average molecular weight is 285 g/mol. The minimum absolute atomic E-state index is 0.0973. The number of hydrogen-bond donors (Lipinski definition) is 1. The molecule has 0 aliphatic heterocycles. The minimum atomic E-state index is 0.0973. The first-order valence-corrected chi connectivity index (χ1v) is 7.19. The first-order valence-electron chi connectivity index (χ1n) is 7.19. The van der Waals surface area contributed by atoms with Gasteiger partial charge in [-0.05, 0) is 37.5 Å². The van der Waals surface area contributed by atoms with E-state index in [-0.39, 0.29) is 6.04 Å². The number of aryl methyl sites for hydroxylation is 1. The van der Waals surface area contributed by atoms with Gasteiger partial charge < -0.3 is 15.2 Å². The molecule has 2 N–H and O–H groups in total. The molecule has 0 aliphatic carbocycles. The van der Waals surface area contributed by atoms with E-state index in [9.17, 15) is 0 Å². The topological polar surface area (TPSA) is 44.5 Å². The molecule has 0 heterocycles. The monoisotopic (exact) mass is 285 g/mol. The van der Waals surface area contributed by atoms with Gasteiger partial charge in [-0.3, -0.25) is 0 Å². The molecular weight excluding hydrogens is 262 g/mol. The highest BCUT2D eigenvalue weighted by Crippen LogP contribution is 2.26. The molecule has 21 heavy (non-hydrogen) atoms. The summed E-state index contributed by atoms with van der Waals surface area (Å²) in [5.41, 5.74) is 9.41. The second kappa shape index (κ2) is 7.14. The number of hydrogen-bond acceptors (Lipinski definition) is 3. The van der Waals surface area contributed by atoms with Crippen LogP contribution in [0, 0.1) is 6.92 Å². The predicted molar refractivity (Wildman–Crippen MR) is 85.9 cm³/mol. The largest absolute Gasteiger partial charge is 0.497 e. The van der Waals surface area contributed by atoms with E-state index < -0.39 is 0 Å². The van der Waals surface area contributed by atoms with Crippen LogP contribution < -0.4 is 15.2 Å². The molecule has 0 radical (unpaired) electrons. The highest BCUT2D eigenvalue weighted by Gasteiger charge is 2.08. The van der Waals surface area contributed by atoms with E-state index in [4.69, 9.17) is 15.2 Å². The molecule has 0 bridgehead atoms. The molecule has 0 aliphatic rings. The molecule has 0 spiro atoms. The van der Waals surface area contributed by atoms with Gasteiger partial charge in [0.15, 0.2) is 0 Å². The smallest absolute Gasteiger partial charge is 0.126 e. The quantitative estimate of drug-likeness (QED) is 0.884. The summed E-state index contributed by atoms with van der Waals surface area (Å²) in [6, 6.07) is 14.3. The SMILES string of the molecule is COc1ccc(CC(C)N)c(OCc2ccc(C)cc2)c1. The van der Waals surface area contributed by atoms with Crippen LogP contribution in [0.2, 0.25) is 0 Å². The van der Waals surface area contributed by atoms with Gasteiger partial charge >= 0.3 is 0 Å². The number of methoxy groups -OCH3 is 1. The molecule has 0 aromatic heterocycles. The van der Waals surface area contributed by atoms with Gasteiger partial charge in [-0.2, -0.15) is 0 Å². The third-order valence-corrected chi connectivity index (χ3v) is 3.33. The fourth-order valence-electron chi connectivity index (χ4n) is 2.16. The van der Waals surface area contributed by atoms with Crippen LogP contribution in [0.4, 0.5) is 0 Å². The molecule has 2 rings (SSSR count). The van der Waals surface area contributed by atoms with Crippen molar-refractivity contribution in [2.24, 2.45) is 5.73 Å². The Morgan fingerprint density at radius 3 is 2.43 bits per heavy atom. The molecule has 0 saturated carbocycles. The van der Waals surface area contributed by atoms with Gasteiger partial charge in [0.05, 0.1) is 7.11 Å². The van der Waals surface area contributed by atoms with Crippen molar-refractivity contribution in [2.45, 2.75) is 32.9 Å². The lowest BCUT2D eigenvalue weighted by atomic mass is 10.1. The van der Waals surface area contributed by atoms with Crippen LogP contribution in [0.15, 0.2) is 42.5 Å². The summed E-state index contributed by atoms with van der Waals surface area (Å²) in [4.78, 5) is 0. The zero-order valence-corrected chi connectivity index (χ0v) is 12.9. The number of ether oxygens (including phenoxy) is 2. The third kappa shape index (κ3) is 4.50. The van der Waals surface area contributed by atoms with Crippen molar-refractivity contribution in [3.05, 3.63) is 59.2 Å². The van der Waals surface area contributed by atoms with Crippen molar-refractivity contribution in [2.75, 3.05) is 7.11 Å². The molecule has 1 atom stereocenters. The van der Waals surface area contributed by atoms with Crippen molar-refractivity contribution in [3.8, 4) is 11.5 Å². The molecule has 2 aromatic carbocycles. The number of benzene rings is 2. The summed E-state index contributed by atoms with van der Waals surface area (Å²) in [6.07, 6.45) is 0.785. The zero-order valence-electron chi connectivity index (χ0n) is 12.9. The Morgan fingerprint density at radius 2 is 1.81 bits per heavy atom. The number of rotatable bonds is 6. The van der Waals surface area contributed by atoms with E-state index in [0.29, 0.717) is 6.61 Å². The summed E-state index contributed by atoms with van der Waals surface area (Å²) < 4.78 is 11.2. The third-order valence-electron chi connectivity index (χ3n) is 3.33. The van der Waals surface area contributed by atoms with Gasteiger partial charge in [0.25, 0.3) is 0 Å². The molecule has 0 fully saturated rings. The zero-order chi connectivity index (χ0) is 15.2. The maximum absolute atomic E-state index is 5.97. The van der Waals surface area contributed by atoms with Crippen molar-refractivity contribution in [3.63, 3.8) is 0 Å². The van der Waals surface area contributed by atoms with Crippen LogP contribution in [-0.2, 0) is 13.0 Å². The van der Waals surface area contributed by atoms with Gasteiger partial charge in [-0.15, -0.1) is 0 Å². The predicted octanol–water partition coefficient (Wildman–Crippen LogP) is 3.47. The van der Waals surface area contributed by atoms with Gasteiger partial charge in [0, 0.05) is 12.1 Å². The van der Waals surface area contributed by atoms with Gasteiger partial charge in [-0.25, -0.2) is 0 Å². The van der Waals surface area contributed by atoms with Crippen molar-refractivity contribution < 1.29 is 9.47 Å².